The summed E-state index contributed by atoms with van der Waals surface area (Å²) in [6.07, 6.45) is -7.49. The van der Waals surface area contributed by atoms with E-state index in [2.05, 4.69) is 15.5 Å². The third-order valence-corrected chi connectivity index (χ3v) is 20.7. The minimum atomic E-state index is -4.39. The van der Waals surface area contributed by atoms with Crippen molar-refractivity contribution in [2.45, 2.75) is 211 Å². The second-order valence-corrected chi connectivity index (χ2v) is 29.0. The van der Waals surface area contributed by atoms with Crippen molar-refractivity contribution >= 4 is 17.7 Å². The van der Waals surface area contributed by atoms with Crippen molar-refractivity contribution in [3.63, 3.8) is 0 Å². The Balaban J connectivity index is 0.000000191. The first-order valence-corrected chi connectivity index (χ1v) is 34.4. The summed E-state index contributed by atoms with van der Waals surface area (Å²) >= 11 is 0. The quantitative estimate of drug-likeness (QED) is 0.113. The van der Waals surface area contributed by atoms with Gasteiger partial charge in [-0.25, -0.2) is 0 Å². The first-order chi connectivity index (χ1) is 46.5. The van der Waals surface area contributed by atoms with Crippen LogP contribution in [-0.4, -0.2) is 139 Å². The van der Waals surface area contributed by atoms with Crippen molar-refractivity contribution in [2.24, 2.45) is 0 Å². The normalized spacial score (nSPS) is 20.6. The number of benzene rings is 3. The van der Waals surface area contributed by atoms with Gasteiger partial charge in [0.1, 0.15) is 22.8 Å². The molecule has 544 valence electrons. The smallest absolute Gasteiger partial charge is 0.431 e. The van der Waals surface area contributed by atoms with E-state index >= 15 is 0 Å². The third-order valence-electron chi connectivity index (χ3n) is 20.7. The van der Waals surface area contributed by atoms with Gasteiger partial charge in [-0.2, -0.15) is 39.5 Å². The Morgan fingerprint density at radius 3 is 1.30 bits per heavy atom. The number of hydrogen-bond acceptors (Lipinski definition) is 10. The Kier molecular flexibility index (Phi) is 20.2. The van der Waals surface area contributed by atoms with Crippen LogP contribution in [0.2, 0.25) is 0 Å². The Bertz CT molecular complexity index is 3950. The average molecular weight is 1400 g/mol. The molecule has 6 aliphatic heterocycles. The highest BCUT2D eigenvalue weighted by molar-refractivity contribution is 5.96. The average Bonchev–Trinajstić information content (AvgIpc) is 1.55. The first-order valence-electron chi connectivity index (χ1n) is 34.4. The topological polar surface area (TPSA) is 151 Å². The number of carbonyl (C=O) groups is 3. The third kappa shape index (κ3) is 14.9. The summed E-state index contributed by atoms with van der Waals surface area (Å²) in [4.78, 5) is 47.4. The molecule has 6 aromatic rings. The molecule has 1 saturated carbocycles. The fourth-order valence-corrected chi connectivity index (χ4v) is 16.2. The van der Waals surface area contributed by atoms with E-state index < -0.39 is 57.8 Å². The predicted molar refractivity (Wildman–Crippen MR) is 362 cm³/mol. The summed E-state index contributed by atoms with van der Waals surface area (Å²) in [5.74, 6) is 1.56. The number of hydrogen-bond donors (Lipinski definition) is 3. The van der Waals surface area contributed by atoms with Gasteiger partial charge in [-0.3, -0.25) is 19.3 Å². The van der Waals surface area contributed by atoms with Gasteiger partial charge >= 0.3 is 18.5 Å². The van der Waals surface area contributed by atoms with E-state index in [9.17, 15) is 59.0 Å². The van der Waals surface area contributed by atoms with Gasteiger partial charge in [-0.1, -0.05) is 6.07 Å². The van der Waals surface area contributed by atoms with Crippen molar-refractivity contribution in [3.8, 4) is 17.2 Å². The summed E-state index contributed by atoms with van der Waals surface area (Å²) < 4.78 is 143. The molecular weight excluding hydrogens is 1300 g/mol. The lowest BCUT2D eigenvalue weighted by Crippen LogP contribution is -2.59. The fraction of sp³-hybridized carbons (Fsp3) is 0.554. The molecule has 4 fully saturated rings. The number of nitrogens with zero attached hydrogens (tertiary/aromatic N) is 7. The van der Waals surface area contributed by atoms with E-state index in [4.69, 9.17) is 14.2 Å². The Hall–Kier alpha value is -7.48. The summed E-state index contributed by atoms with van der Waals surface area (Å²) in [6.45, 7) is 23.1. The predicted octanol–water partition coefficient (Wildman–Crippen LogP) is 14.5. The number of rotatable bonds is 10. The second kappa shape index (κ2) is 27.5. The fourth-order valence-electron chi connectivity index (χ4n) is 16.2. The van der Waals surface area contributed by atoms with Crippen LogP contribution in [0.25, 0.3) is 0 Å². The molecule has 0 radical (unpaired) electrons. The molecule has 0 bridgehead atoms. The van der Waals surface area contributed by atoms with Gasteiger partial charge in [0.2, 0.25) is 0 Å². The maximum atomic E-state index is 13.6. The Morgan fingerprint density at radius 1 is 0.505 bits per heavy atom. The van der Waals surface area contributed by atoms with Crippen LogP contribution in [0.3, 0.4) is 0 Å². The number of halogens is 9. The standard InChI is InChI=1S/C26H32F3N3O2.C24H30F3N3O3.C24H30F3N3O2.3H2/c1-17-16-18(4-7-20(17)24(2,3)34)23(33)30-12-10-25(11-13-30)21-8-9-22(26(27,28)29)31(21)14-15-32(25)19-5-6-19;1-15(2)33-18-6-5-17(13-19(18)32-4)22(31)29-11-9-23(10-12-29)20-7-8-21(24(25,26)27)30(20)14-16(3)28-23;1-15(2)32-19-6-5-18(13-16(19)3)22(31)29-11-9-23(10-12-29)20-7-8-21(24(25,26)27)30(20)14-17(4)28-23;;;/h4,7-9,16,19,34H,5-6,10-15H2,1-3H3;5-8,13,15-16,28H,9-12,14H2,1-4H3;5-8,13,15,17,28H,9-12,14H2,1-4H3;3*1H/t;16-;17-;;;/m.01.../s1. The van der Waals surface area contributed by atoms with Crippen molar-refractivity contribution < 1.29 is 77.5 Å². The van der Waals surface area contributed by atoms with E-state index in [0.717, 1.165) is 41.0 Å². The molecule has 3 amide bonds. The number of aliphatic hydroxyl groups is 1. The number of aryl methyl sites for hydroxylation is 2. The van der Waals surface area contributed by atoms with E-state index in [1.165, 1.54) is 39.0 Å². The van der Waals surface area contributed by atoms with Crippen LogP contribution in [0, 0.1) is 13.8 Å². The molecule has 2 atom stereocenters. The highest BCUT2D eigenvalue weighted by Crippen LogP contribution is 2.50. The van der Waals surface area contributed by atoms with Gasteiger partial charge < -0.3 is 58.4 Å². The van der Waals surface area contributed by atoms with Gasteiger partial charge in [0.15, 0.2) is 11.5 Å². The molecule has 9 heterocycles. The van der Waals surface area contributed by atoms with E-state index in [0.29, 0.717) is 137 Å². The van der Waals surface area contributed by atoms with Crippen LogP contribution >= 0.6 is 0 Å². The number of nitrogens with one attached hydrogen (secondary N) is 2. The lowest BCUT2D eigenvalue weighted by Gasteiger charge is -2.52. The molecule has 16 nitrogen and oxygen atoms in total. The molecule has 3 aromatic carbocycles. The van der Waals surface area contributed by atoms with Crippen LogP contribution in [-0.2, 0) is 60.4 Å². The molecule has 3 spiro atoms. The van der Waals surface area contributed by atoms with Crippen molar-refractivity contribution in [1.29, 1.82) is 0 Å². The SMILES string of the molecule is COc1cc(C(=O)N2CCC3(CC2)N[C@@H](C)Cn2c(C(F)(F)F)ccc23)ccc1OC(C)C.Cc1cc(C(=O)N2CCC3(CC2)N[C@H](C)Cn2c(C(F)(F)F)ccc23)ccc1OC(C)C.Cc1cc(C(=O)N2CCC3(CC2)c2ccc(C(F)(F)F)n2CCN3C2CC2)ccc1C(C)(C)O.[HH].[HH].[HH]. The number of amides is 3. The highest BCUT2D eigenvalue weighted by atomic mass is 19.4. The number of piperidine rings is 3. The molecule has 99 heavy (non-hydrogen) atoms. The number of fused-ring (bicyclic) bond motifs is 6. The molecule has 25 heteroatoms. The molecular formula is C74H98F9N9O7. The first kappa shape index (κ1) is 72.8. The van der Waals surface area contributed by atoms with E-state index in [1.807, 2.05) is 78.5 Å². The number of aromatic nitrogens is 3. The van der Waals surface area contributed by atoms with Gasteiger partial charge in [0, 0.05) is 122 Å². The van der Waals surface area contributed by atoms with Crippen LogP contribution in [0.15, 0.2) is 91.0 Å². The van der Waals surface area contributed by atoms with Gasteiger partial charge in [-0.05, 0) is 222 Å². The van der Waals surface area contributed by atoms with Crippen LogP contribution in [0.4, 0.5) is 39.5 Å². The Labute approximate surface area is 577 Å². The molecule has 3 aromatic heterocycles. The number of alkyl halides is 9. The summed E-state index contributed by atoms with van der Waals surface area (Å²) in [5, 5.41) is 17.4. The molecule has 0 unspecified atom stereocenters. The minimum absolute atomic E-state index is 0. The number of ether oxygens (including phenoxy) is 3. The summed E-state index contributed by atoms with van der Waals surface area (Å²) in [7, 11) is 1.53. The monoisotopic (exact) mass is 1400 g/mol. The largest absolute Gasteiger partial charge is 0.493 e. The molecule has 3 N–H and O–H groups in total. The summed E-state index contributed by atoms with van der Waals surface area (Å²) in [5.41, 5.74) is 1.92. The van der Waals surface area contributed by atoms with Crippen LogP contribution in [0.5, 0.6) is 17.2 Å². The number of likely N-dealkylation sites (tertiary alicyclic amines) is 3. The number of carbonyl (C=O) groups excluding carboxylic acids is 3. The van der Waals surface area contributed by atoms with Crippen LogP contribution < -0.4 is 24.8 Å². The van der Waals surface area contributed by atoms with Crippen molar-refractivity contribution in [1.82, 2.24) is 43.9 Å². The van der Waals surface area contributed by atoms with E-state index in [-0.39, 0.29) is 59.4 Å². The van der Waals surface area contributed by atoms with Gasteiger partial charge in [0.05, 0.1) is 41.5 Å². The zero-order chi connectivity index (χ0) is 71.7. The summed E-state index contributed by atoms with van der Waals surface area (Å²) in [6, 6.07) is 24.6. The van der Waals surface area contributed by atoms with Gasteiger partial charge in [0.25, 0.3) is 17.7 Å². The molecule has 3 saturated heterocycles. The van der Waals surface area contributed by atoms with Gasteiger partial charge in [-0.15, -0.1) is 0 Å². The maximum absolute atomic E-state index is 13.6. The maximum Gasteiger partial charge on any atom is 0.431 e. The Morgan fingerprint density at radius 2 is 0.899 bits per heavy atom. The zero-order valence-electron chi connectivity index (χ0n) is 58.2. The molecule has 1 aliphatic carbocycles. The van der Waals surface area contributed by atoms with Crippen molar-refractivity contribution in [3.05, 3.63) is 159 Å². The minimum Gasteiger partial charge on any atom is -0.493 e. The zero-order valence-corrected chi connectivity index (χ0v) is 58.2. The van der Waals surface area contributed by atoms with Crippen LogP contribution in [0.1, 0.15) is 193 Å². The lowest BCUT2D eigenvalue weighted by atomic mass is 9.80. The lowest BCUT2D eigenvalue weighted by molar-refractivity contribution is -0.145. The van der Waals surface area contributed by atoms with Crippen molar-refractivity contribution in [2.75, 3.05) is 52.9 Å². The highest BCUT2D eigenvalue weighted by Gasteiger charge is 2.53. The second-order valence-electron chi connectivity index (χ2n) is 29.0. The molecule has 13 rings (SSSR count). The van der Waals surface area contributed by atoms with E-state index in [1.54, 1.807) is 78.2 Å². The number of methoxy groups -OCH3 is 1. The molecule has 7 aliphatic rings.